The first-order chi connectivity index (χ1) is 22.2. The van der Waals surface area contributed by atoms with Gasteiger partial charge in [0.1, 0.15) is 41.4 Å². The Morgan fingerprint density at radius 3 is 2.23 bits per heavy atom. The Morgan fingerprint density at radius 1 is 0.809 bits per heavy atom. The van der Waals surface area contributed by atoms with Crippen LogP contribution in [0, 0.1) is 28.6 Å². The SMILES string of the molecule is COC1CC(OC2CC[C@@]3(C)C(CC[C@@]45O[C@@]46CCC(C(C)=O)[C@@]6(C)C(O)C(O)C35)C2)OC(C)C1OC1OC(C)C(O)C(OC)C1O. The standard InChI is InChI=1S/C35H56O12/c1-16(36)21-10-13-35-33(21,5)30(40)26(39)29-32(4)11-9-20(14-19(32)8-12-34(29,35)47-35)45-23-15-22(41-6)27(18(3)43-23)46-31-25(38)28(42-7)24(37)17(2)44-31/h17-31,37-40H,8-15H2,1-7H3/t17?,18?,19?,20?,21?,22?,23?,24?,25?,26?,27?,28?,29?,30?,31?,32-,33-,34-,35+/m0/s1. The van der Waals surface area contributed by atoms with Crippen LogP contribution in [-0.4, -0.2) is 125 Å². The largest absolute Gasteiger partial charge is 0.390 e. The molecule has 3 saturated heterocycles. The number of carbonyl (C=O) groups is 1. The van der Waals surface area contributed by atoms with E-state index in [-0.39, 0.29) is 41.2 Å². The van der Waals surface area contributed by atoms with Crippen molar-refractivity contribution >= 4 is 5.78 Å². The van der Waals surface area contributed by atoms with Crippen LogP contribution in [0.4, 0.5) is 0 Å². The van der Waals surface area contributed by atoms with E-state index in [1.165, 1.54) is 7.11 Å². The minimum Gasteiger partial charge on any atom is -0.390 e. The first kappa shape index (κ1) is 34.7. The lowest BCUT2D eigenvalue weighted by Crippen LogP contribution is -2.69. The maximum atomic E-state index is 12.7. The Labute approximate surface area is 277 Å². The van der Waals surface area contributed by atoms with Crippen molar-refractivity contribution < 1.29 is 58.4 Å². The summed E-state index contributed by atoms with van der Waals surface area (Å²) in [6, 6.07) is 0. The van der Waals surface area contributed by atoms with E-state index in [1.54, 1.807) is 21.0 Å². The summed E-state index contributed by atoms with van der Waals surface area (Å²) in [5, 5.41) is 44.7. The van der Waals surface area contributed by atoms with E-state index in [9.17, 15) is 25.2 Å². The van der Waals surface area contributed by atoms with Crippen LogP contribution in [0.2, 0.25) is 0 Å². The predicted molar refractivity (Wildman–Crippen MR) is 165 cm³/mol. The fourth-order valence-electron chi connectivity index (χ4n) is 11.9. The highest BCUT2D eigenvalue weighted by Gasteiger charge is 2.90. The molecule has 0 bridgehead atoms. The fraction of sp³-hybridized carbons (Fsp3) is 0.971. The topological polar surface area (TPSA) is 166 Å². The lowest BCUT2D eigenvalue weighted by Gasteiger charge is -2.61. The summed E-state index contributed by atoms with van der Waals surface area (Å²) in [6.07, 6.45) is -2.44. The summed E-state index contributed by atoms with van der Waals surface area (Å²) in [4.78, 5) is 12.7. The fourth-order valence-corrected chi connectivity index (χ4v) is 11.9. The van der Waals surface area contributed by atoms with Gasteiger partial charge in [0.2, 0.25) is 0 Å². The molecule has 4 aliphatic carbocycles. The van der Waals surface area contributed by atoms with Crippen LogP contribution in [0.3, 0.4) is 0 Å². The summed E-state index contributed by atoms with van der Waals surface area (Å²) in [7, 11) is 3.05. The highest BCUT2D eigenvalue weighted by Crippen LogP contribution is 2.81. The second-order valence-electron chi connectivity index (χ2n) is 16.3. The van der Waals surface area contributed by atoms with Gasteiger partial charge in [-0.1, -0.05) is 13.8 Å². The molecule has 268 valence electrons. The van der Waals surface area contributed by atoms with Gasteiger partial charge in [0.05, 0.1) is 36.6 Å². The van der Waals surface area contributed by atoms with Gasteiger partial charge in [-0.25, -0.2) is 0 Å². The van der Waals surface area contributed by atoms with Crippen LogP contribution in [0.15, 0.2) is 0 Å². The predicted octanol–water partition coefficient (Wildman–Crippen LogP) is 1.85. The van der Waals surface area contributed by atoms with E-state index in [2.05, 4.69) is 6.92 Å². The van der Waals surface area contributed by atoms with E-state index < -0.39 is 78.0 Å². The zero-order chi connectivity index (χ0) is 33.8. The van der Waals surface area contributed by atoms with Crippen molar-refractivity contribution in [1.82, 2.24) is 0 Å². The van der Waals surface area contributed by atoms with Gasteiger partial charge in [0.15, 0.2) is 12.6 Å². The molecule has 12 heteroatoms. The molecule has 0 aromatic heterocycles. The maximum Gasteiger partial charge on any atom is 0.187 e. The zero-order valence-corrected chi connectivity index (χ0v) is 28.9. The first-order valence-corrected chi connectivity index (χ1v) is 17.8. The van der Waals surface area contributed by atoms with Crippen molar-refractivity contribution in [1.29, 1.82) is 0 Å². The van der Waals surface area contributed by atoms with Crippen molar-refractivity contribution in [2.45, 2.75) is 171 Å². The molecule has 4 N–H and O–H groups in total. The number of hydrogen-bond acceptors (Lipinski definition) is 12. The van der Waals surface area contributed by atoms with Crippen LogP contribution in [0.5, 0.6) is 0 Å². The average Bonchev–Trinajstić information content (AvgIpc) is 3.57. The van der Waals surface area contributed by atoms with Gasteiger partial charge in [-0.15, -0.1) is 0 Å². The van der Waals surface area contributed by atoms with Gasteiger partial charge in [-0.2, -0.15) is 0 Å². The Kier molecular flexibility index (Phi) is 8.78. The number of ether oxygens (including phenoxy) is 7. The quantitative estimate of drug-likeness (QED) is 0.230. The molecule has 3 heterocycles. The molecule has 7 aliphatic rings. The molecule has 0 radical (unpaired) electrons. The highest BCUT2D eigenvalue weighted by molar-refractivity contribution is 5.80. The van der Waals surface area contributed by atoms with Crippen molar-refractivity contribution in [3.63, 3.8) is 0 Å². The summed E-state index contributed by atoms with van der Waals surface area (Å²) < 4.78 is 43.0. The number of carbonyl (C=O) groups excluding carboxylic acids is 1. The molecule has 4 saturated carbocycles. The molecule has 0 amide bonds. The van der Waals surface area contributed by atoms with Crippen molar-refractivity contribution in [2.75, 3.05) is 14.2 Å². The normalized spacial score (nSPS) is 58.6. The Balaban J connectivity index is 1.01. The Morgan fingerprint density at radius 2 is 1.55 bits per heavy atom. The molecular formula is C35H56O12. The van der Waals surface area contributed by atoms with E-state index in [0.717, 1.165) is 38.5 Å². The summed E-state index contributed by atoms with van der Waals surface area (Å²) in [5.41, 5.74) is -2.07. The van der Waals surface area contributed by atoms with Crippen LogP contribution in [0.1, 0.15) is 86.0 Å². The minimum absolute atomic E-state index is 0.0406. The highest BCUT2D eigenvalue weighted by atomic mass is 16.7. The van der Waals surface area contributed by atoms with Crippen molar-refractivity contribution in [3.8, 4) is 0 Å². The molecule has 15 unspecified atom stereocenters. The number of fused-ring (bicyclic) bond motifs is 2. The lowest BCUT2D eigenvalue weighted by atomic mass is 9.43. The summed E-state index contributed by atoms with van der Waals surface area (Å²) >= 11 is 0. The van der Waals surface area contributed by atoms with Crippen LogP contribution < -0.4 is 0 Å². The molecule has 2 spiro atoms. The monoisotopic (exact) mass is 668 g/mol. The molecule has 0 aromatic rings. The number of aliphatic hydroxyl groups excluding tert-OH is 4. The molecule has 3 aliphatic heterocycles. The molecule has 7 fully saturated rings. The number of rotatable bonds is 7. The molecular weight excluding hydrogens is 612 g/mol. The van der Waals surface area contributed by atoms with Gasteiger partial charge in [-0.05, 0) is 77.0 Å². The third-order valence-corrected chi connectivity index (χ3v) is 14.3. The molecule has 7 rings (SSSR count). The van der Waals surface area contributed by atoms with Gasteiger partial charge in [-0.3, -0.25) is 4.79 Å². The van der Waals surface area contributed by atoms with Crippen molar-refractivity contribution in [3.05, 3.63) is 0 Å². The third kappa shape index (κ3) is 4.76. The number of aliphatic hydroxyl groups is 4. The van der Waals surface area contributed by atoms with Gasteiger partial charge in [0.25, 0.3) is 0 Å². The molecule has 47 heavy (non-hydrogen) atoms. The molecule has 19 atom stereocenters. The number of methoxy groups -OCH3 is 2. The second-order valence-corrected chi connectivity index (χ2v) is 16.3. The van der Waals surface area contributed by atoms with Crippen LogP contribution >= 0.6 is 0 Å². The van der Waals surface area contributed by atoms with E-state index in [1.807, 2.05) is 13.8 Å². The number of hydrogen-bond donors (Lipinski definition) is 4. The molecule has 12 nitrogen and oxygen atoms in total. The van der Waals surface area contributed by atoms with Gasteiger partial charge in [0, 0.05) is 37.9 Å². The Bertz CT molecular complexity index is 1200. The van der Waals surface area contributed by atoms with Crippen LogP contribution in [0.25, 0.3) is 0 Å². The van der Waals surface area contributed by atoms with E-state index >= 15 is 0 Å². The average molecular weight is 669 g/mol. The summed E-state index contributed by atoms with van der Waals surface area (Å²) in [6.45, 7) is 9.45. The zero-order valence-electron chi connectivity index (χ0n) is 28.9. The summed E-state index contributed by atoms with van der Waals surface area (Å²) in [5.74, 6) is -0.163. The number of Topliss-reactive ketones (excluding diaryl/α,β-unsaturated/α-hetero) is 1. The number of epoxide rings is 1. The van der Waals surface area contributed by atoms with E-state index in [0.29, 0.717) is 12.8 Å². The van der Waals surface area contributed by atoms with E-state index in [4.69, 9.17) is 33.2 Å². The first-order valence-electron chi connectivity index (χ1n) is 17.8. The maximum absolute atomic E-state index is 12.7. The number of ketones is 1. The van der Waals surface area contributed by atoms with Crippen molar-refractivity contribution in [2.24, 2.45) is 28.6 Å². The smallest absolute Gasteiger partial charge is 0.187 e. The second kappa shape index (κ2) is 11.9. The third-order valence-electron chi connectivity index (χ3n) is 14.3. The minimum atomic E-state index is -1.19. The van der Waals surface area contributed by atoms with Gasteiger partial charge < -0.3 is 53.6 Å². The lowest BCUT2D eigenvalue weighted by molar-refractivity contribution is -0.343. The van der Waals surface area contributed by atoms with Crippen LogP contribution in [-0.2, 0) is 38.0 Å². The molecule has 0 aromatic carbocycles. The van der Waals surface area contributed by atoms with Gasteiger partial charge >= 0.3 is 0 Å². The Hall–Kier alpha value is -0.770.